The van der Waals surface area contributed by atoms with Crippen LogP contribution in [0.3, 0.4) is 0 Å². The summed E-state index contributed by atoms with van der Waals surface area (Å²) >= 11 is 11.3. The van der Waals surface area contributed by atoms with Crippen LogP contribution in [0.1, 0.15) is 11.1 Å². The first-order valence-corrected chi connectivity index (χ1v) is 8.26. The summed E-state index contributed by atoms with van der Waals surface area (Å²) in [4.78, 5) is 30.4. The Labute approximate surface area is 155 Å². The molecule has 0 aliphatic carbocycles. The molecule has 1 aromatic heterocycles. The van der Waals surface area contributed by atoms with Crippen molar-refractivity contribution in [1.29, 1.82) is 0 Å². The molecule has 126 valence electrons. The molecule has 0 unspecified atom stereocenters. The van der Waals surface area contributed by atoms with Gasteiger partial charge >= 0.3 is 0 Å². The Morgan fingerprint density at radius 2 is 2.16 bits per heavy atom. The first kappa shape index (κ1) is 17.3. The molecule has 1 aliphatic heterocycles. The molecule has 0 radical (unpaired) electrons. The molecule has 1 fully saturated rings. The standard InChI is InChI=1S/C18H14ClN3O2S/c1-3-7-22-17(24)13(16(23)21-18(22)25)9-12-8-11-6-4-5-10(2)14(11)20-15(12)19/h3-6,8-9H,1,7H2,2H3,(H,21,23,25)/b13-9+. The van der Waals surface area contributed by atoms with Gasteiger partial charge in [0, 0.05) is 17.5 Å². The van der Waals surface area contributed by atoms with Crippen molar-refractivity contribution in [3.05, 3.63) is 58.8 Å². The maximum atomic E-state index is 12.6. The van der Waals surface area contributed by atoms with Gasteiger partial charge in [-0.05, 0) is 36.8 Å². The van der Waals surface area contributed by atoms with Crippen molar-refractivity contribution < 1.29 is 9.59 Å². The van der Waals surface area contributed by atoms with Crippen LogP contribution in [-0.2, 0) is 9.59 Å². The molecule has 2 heterocycles. The summed E-state index contributed by atoms with van der Waals surface area (Å²) in [5.41, 5.74) is 2.21. The predicted molar refractivity (Wildman–Crippen MR) is 102 cm³/mol. The summed E-state index contributed by atoms with van der Waals surface area (Å²) in [6.45, 7) is 5.74. The van der Waals surface area contributed by atoms with Crippen molar-refractivity contribution in [3.63, 3.8) is 0 Å². The third kappa shape index (κ3) is 3.18. The van der Waals surface area contributed by atoms with Gasteiger partial charge in [-0.25, -0.2) is 4.98 Å². The Balaban J connectivity index is 2.10. The summed E-state index contributed by atoms with van der Waals surface area (Å²) in [6.07, 6.45) is 2.97. The van der Waals surface area contributed by atoms with Gasteiger partial charge in [-0.2, -0.15) is 0 Å². The Morgan fingerprint density at radius 1 is 1.40 bits per heavy atom. The summed E-state index contributed by atoms with van der Waals surface area (Å²) in [5, 5.41) is 3.65. The van der Waals surface area contributed by atoms with Gasteiger partial charge in [-0.15, -0.1) is 6.58 Å². The number of benzene rings is 1. The minimum Gasteiger partial charge on any atom is -0.298 e. The van der Waals surface area contributed by atoms with Crippen molar-refractivity contribution in [3.8, 4) is 0 Å². The monoisotopic (exact) mass is 371 g/mol. The lowest BCUT2D eigenvalue weighted by Crippen LogP contribution is -2.53. The van der Waals surface area contributed by atoms with Crippen molar-refractivity contribution in [2.75, 3.05) is 6.54 Å². The molecule has 1 aromatic carbocycles. The van der Waals surface area contributed by atoms with Crippen molar-refractivity contribution in [1.82, 2.24) is 15.2 Å². The Bertz CT molecular complexity index is 968. The second-order valence-electron chi connectivity index (χ2n) is 5.54. The molecule has 5 nitrogen and oxygen atoms in total. The van der Waals surface area contributed by atoms with E-state index in [-0.39, 0.29) is 22.4 Å². The van der Waals surface area contributed by atoms with Gasteiger partial charge in [0.15, 0.2) is 5.11 Å². The Kier molecular flexibility index (Phi) is 4.65. The number of nitrogens with one attached hydrogen (secondary N) is 1. The summed E-state index contributed by atoms with van der Waals surface area (Å²) in [5.74, 6) is -1.05. The molecule has 0 spiro atoms. The van der Waals surface area contributed by atoms with Gasteiger partial charge in [0.25, 0.3) is 11.8 Å². The molecular formula is C18H14ClN3O2S. The molecule has 0 bridgehead atoms. The molecule has 0 saturated carbocycles. The lowest BCUT2D eigenvalue weighted by molar-refractivity contribution is -0.128. The lowest BCUT2D eigenvalue weighted by atomic mass is 10.1. The highest BCUT2D eigenvalue weighted by Gasteiger charge is 2.32. The van der Waals surface area contributed by atoms with Gasteiger partial charge in [0.05, 0.1) is 5.52 Å². The van der Waals surface area contributed by atoms with Crippen LogP contribution in [0.25, 0.3) is 17.0 Å². The number of hydrogen-bond donors (Lipinski definition) is 1. The minimum absolute atomic E-state index is 0.0499. The third-order valence-electron chi connectivity index (χ3n) is 3.83. The lowest BCUT2D eigenvalue weighted by Gasteiger charge is -2.27. The molecule has 25 heavy (non-hydrogen) atoms. The topological polar surface area (TPSA) is 62.3 Å². The number of carbonyl (C=O) groups excluding carboxylic acids is 2. The van der Waals surface area contributed by atoms with Crippen LogP contribution in [0, 0.1) is 6.92 Å². The highest BCUT2D eigenvalue weighted by atomic mass is 35.5. The third-order valence-corrected chi connectivity index (χ3v) is 4.45. The first-order chi connectivity index (χ1) is 11.9. The number of nitrogens with zero attached hydrogens (tertiary/aromatic N) is 2. The van der Waals surface area contributed by atoms with E-state index >= 15 is 0 Å². The molecular weight excluding hydrogens is 358 g/mol. The van der Waals surface area contributed by atoms with E-state index < -0.39 is 11.8 Å². The van der Waals surface area contributed by atoms with Crippen LogP contribution in [0.4, 0.5) is 0 Å². The second kappa shape index (κ2) is 6.74. The predicted octanol–water partition coefficient (Wildman–Crippen LogP) is 3.01. The Morgan fingerprint density at radius 3 is 2.88 bits per heavy atom. The van der Waals surface area contributed by atoms with E-state index in [4.69, 9.17) is 23.8 Å². The molecule has 1 N–H and O–H groups in total. The second-order valence-corrected chi connectivity index (χ2v) is 6.28. The fourth-order valence-corrected chi connectivity index (χ4v) is 3.03. The zero-order valence-electron chi connectivity index (χ0n) is 13.4. The van der Waals surface area contributed by atoms with Gasteiger partial charge < -0.3 is 0 Å². The van der Waals surface area contributed by atoms with Crippen LogP contribution in [0.2, 0.25) is 5.15 Å². The number of fused-ring (bicyclic) bond motifs is 1. The van der Waals surface area contributed by atoms with Crippen molar-refractivity contribution >= 4 is 57.7 Å². The summed E-state index contributed by atoms with van der Waals surface area (Å²) in [6, 6.07) is 7.55. The maximum absolute atomic E-state index is 12.6. The van der Waals surface area contributed by atoms with E-state index in [1.54, 1.807) is 6.07 Å². The molecule has 0 atom stereocenters. The number of rotatable bonds is 3. The molecule has 1 saturated heterocycles. The molecule has 2 aromatic rings. The average molecular weight is 372 g/mol. The van der Waals surface area contributed by atoms with Crippen LogP contribution < -0.4 is 5.32 Å². The number of hydrogen-bond acceptors (Lipinski definition) is 4. The number of carbonyl (C=O) groups is 2. The van der Waals surface area contributed by atoms with E-state index in [1.165, 1.54) is 17.1 Å². The van der Waals surface area contributed by atoms with E-state index in [0.717, 1.165) is 16.5 Å². The summed E-state index contributed by atoms with van der Waals surface area (Å²) < 4.78 is 0. The molecule has 1 aliphatic rings. The fraction of sp³-hybridized carbons (Fsp3) is 0.111. The zero-order valence-corrected chi connectivity index (χ0v) is 14.9. The van der Waals surface area contributed by atoms with Crippen molar-refractivity contribution in [2.24, 2.45) is 0 Å². The number of halogens is 1. The van der Waals surface area contributed by atoms with Crippen molar-refractivity contribution in [2.45, 2.75) is 6.92 Å². The number of para-hydroxylation sites is 1. The van der Waals surface area contributed by atoms with Gasteiger partial charge in [-0.3, -0.25) is 19.8 Å². The van der Waals surface area contributed by atoms with Gasteiger partial charge in [-0.1, -0.05) is 35.9 Å². The zero-order chi connectivity index (χ0) is 18.1. The molecule has 7 heteroatoms. The van der Waals surface area contributed by atoms with Crippen LogP contribution in [0.5, 0.6) is 0 Å². The van der Waals surface area contributed by atoms with Crippen LogP contribution >= 0.6 is 23.8 Å². The van der Waals surface area contributed by atoms with Gasteiger partial charge in [0.1, 0.15) is 10.7 Å². The first-order valence-electron chi connectivity index (χ1n) is 7.48. The van der Waals surface area contributed by atoms with E-state index in [0.29, 0.717) is 5.56 Å². The largest absolute Gasteiger partial charge is 0.298 e. The van der Waals surface area contributed by atoms with Gasteiger partial charge in [0.2, 0.25) is 0 Å². The number of pyridine rings is 1. The highest BCUT2D eigenvalue weighted by Crippen LogP contribution is 2.25. The number of aryl methyl sites for hydroxylation is 1. The van der Waals surface area contributed by atoms with E-state index in [1.807, 2.05) is 25.1 Å². The normalized spacial score (nSPS) is 16.5. The maximum Gasteiger partial charge on any atom is 0.265 e. The highest BCUT2D eigenvalue weighted by molar-refractivity contribution is 7.80. The minimum atomic E-state index is -0.560. The Hall–Kier alpha value is -2.57. The van der Waals surface area contributed by atoms with Crippen LogP contribution in [0.15, 0.2) is 42.5 Å². The average Bonchev–Trinajstić information content (AvgIpc) is 2.56. The van der Waals surface area contributed by atoms with Crippen LogP contribution in [-0.4, -0.2) is 33.4 Å². The number of thiocarbonyl (C=S) groups is 1. The molecule has 2 amide bonds. The SMILES string of the molecule is C=CCN1C(=O)/C(=C/c2cc3cccc(C)c3nc2Cl)C(=O)NC1=S. The quantitative estimate of drug-likeness (QED) is 0.296. The molecule has 3 rings (SSSR count). The van der Waals surface area contributed by atoms with E-state index in [2.05, 4.69) is 16.9 Å². The smallest absolute Gasteiger partial charge is 0.265 e. The fourth-order valence-electron chi connectivity index (χ4n) is 2.59. The number of amides is 2. The number of aromatic nitrogens is 1. The summed E-state index contributed by atoms with van der Waals surface area (Å²) in [7, 11) is 0. The van der Waals surface area contributed by atoms with E-state index in [9.17, 15) is 9.59 Å².